The van der Waals surface area contributed by atoms with Crippen molar-refractivity contribution in [3.05, 3.63) is 35.6 Å². The first kappa shape index (κ1) is 16.9. The van der Waals surface area contributed by atoms with Crippen LogP contribution in [0.25, 0.3) is 0 Å². The molecule has 2 fully saturated rings. The number of halogens is 1. The molecule has 1 aromatic rings. The molecule has 1 unspecified atom stereocenters. The van der Waals surface area contributed by atoms with Crippen LogP contribution in [0.4, 0.5) is 4.39 Å². The van der Waals surface area contributed by atoms with E-state index in [2.05, 4.69) is 0 Å². The number of benzene rings is 1. The van der Waals surface area contributed by atoms with Gasteiger partial charge in [0.2, 0.25) is 11.8 Å². The summed E-state index contributed by atoms with van der Waals surface area (Å²) in [6.45, 7) is 2.49. The smallest absolute Gasteiger partial charge is 0.248 e. The predicted molar refractivity (Wildman–Crippen MR) is 86.8 cm³/mol. The molecule has 130 valence electrons. The lowest BCUT2D eigenvalue weighted by molar-refractivity contribution is -0.132. The fourth-order valence-electron chi connectivity index (χ4n) is 3.60. The lowest BCUT2D eigenvalue weighted by Gasteiger charge is -2.29. The standard InChI is InChI=1S/C18H23FN2O3/c1-20-11-18(13-24-10-17(20)23)8-9-21(12-18)16(22)7-6-14-4-2-3-5-15(14)19/h2-5H,6-13H2,1H3. The summed E-state index contributed by atoms with van der Waals surface area (Å²) in [5.41, 5.74) is 0.400. The molecule has 2 saturated heterocycles. The second-order valence-electron chi connectivity index (χ2n) is 6.90. The van der Waals surface area contributed by atoms with Gasteiger partial charge in [0.25, 0.3) is 0 Å². The van der Waals surface area contributed by atoms with Crippen molar-refractivity contribution in [2.24, 2.45) is 5.41 Å². The van der Waals surface area contributed by atoms with Gasteiger partial charge >= 0.3 is 0 Å². The molecule has 1 aromatic carbocycles. The van der Waals surface area contributed by atoms with Gasteiger partial charge in [0.1, 0.15) is 12.4 Å². The molecule has 2 heterocycles. The summed E-state index contributed by atoms with van der Waals surface area (Å²) in [5.74, 6) is -0.245. The van der Waals surface area contributed by atoms with Gasteiger partial charge < -0.3 is 14.5 Å². The van der Waals surface area contributed by atoms with E-state index in [0.29, 0.717) is 44.6 Å². The van der Waals surface area contributed by atoms with Crippen LogP contribution in [0, 0.1) is 11.2 Å². The summed E-state index contributed by atoms with van der Waals surface area (Å²) in [4.78, 5) is 27.7. The van der Waals surface area contributed by atoms with Crippen LogP contribution in [0.2, 0.25) is 0 Å². The molecule has 6 heteroatoms. The number of aryl methyl sites for hydroxylation is 1. The Hall–Kier alpha value is -1.95. The van der Waals surface area contributed by atoms with Crippen LogP contribution < -0.4 is 0 Å². The summed E-state index contributed by atoms with van der Waals surface area (Å²) in [7, 11) is 1.78. The lowest BCUT2D eigenvalue weighted by Crippen LogP contribution is -2.41. The van der Waals surface area contributed by atoms with Gasteiger partial charge in [0.05, 0.1) is 6.61 Å². The average molecular weight is 334 g/mol. The van der Waals surface area contributed by atoms with Crippen LogP contribution in [-0.4, -0.2) is 61.5 Å². The molecule has 24 heavy (non-hydrogen) atoms. The molecular weight excluding hydrogens is 311 g/mol. The van der Waals surface area contributed by atoms with E-state index in [-0.39, 0.29) is 29.7 Å². The van der Waals surface area contributed by atoms with Crippen LogP contribution in [0.5, 0.6) is 0 Å². The van der Waals surface area contributed by atoms with Crippen LogP contribution in [0.15, 0.2) is 24.3 Å². The number of likely N-dealkylation sites (tertiary alicyclic amines) is 1. The lowest BCUT2D eigenvalue weighted by atomic mass is 9.88. The Morgan fingerprint density at radius 2 is 2.12 bits per heavy atom. The highest BCUT2D eigenvalue weighted by molar-refractivity contribution is 5.78. The molecular formula is C18H23FN2O3. The van der Waals surface area contributed by atoms with Crippen molar-refractivity contribution in [1.29, 1.82) is 0 Å². The zero-order chi connectivity index (χ0) is 17.2. The van der Waals surface area contributed by atoms with Crippen molar-refractivity contribution in [2.75, 3.05) is 39.9 Å². The number of likely N-dealkylation sites (N-methyl/N-ethyl adjacent to an activating group) is 1. The first-order chi connectivity index (χ1) is 11.5. The summed E-state index contributed by atoms with van der Waals surface area (Å²) in [5, 5.41) is 0. The largest absolute Gasteiger partial charge is 0.371 e. The second kappa shape index (κ2) is 6.89. The topological polar surface area (TPSA) is 49.9 Å². The highest BCUT2D eigenvalue weighted by Gasteiger charge is 2.43. The van der Waals surface area contributed by atoms with Crippen molar-refractivity contribution >= 4 is 11.8 Å². The molecule has 0 N–H and O–H groups in total. The molecule has 1 spiro atoms. The van der Waals surface area contributed by atoms with E-state index in [1.54, 1.807) is 30.1 Å². The highest BCUT2D eigenvalue weighted by Crippen LogP contribution is 2.33. The van der Waals surface area contributed by atoms with Gasteiger partial charge in [0.15, 0.2) is 0 Å². The van der Waals surface area contributed by atoms with Crippen molar-refractivity contribution in [1.82, 2.24) is 9.80 Å². The Balaban J connectivity index is 1.58. The quantitative estimate of drug-likeness (QED) is 0.841. The van der Waals surface area contributed by atoms with Crippen LogP contribution >= 0.6 is 0 Å². The minimum Gasteiger partial charge on any atom is -0.371 e. The average Bonchev–Trinajstić information content (AvgIpc) is 2.91. The number of carbonyl (C=O) groups is 2. The highest BCUT2D eigenvalue weighted by atomic mass is 19.1. The summed E-state index contributed by atoms with van der Waals surface area (Å²) >= 11 is 0. The van der Waals surface area contributed by atoms with E-state index in [1.165, 1.54) is 6.07 Å². The minimum atomic E-state index is -0.263. The Morgan fingerprint density at radius 1 is 1.33 bits per heavy atom. The fraction of sp³-hybridized carbons (Fsp3) is 0.556. The molecule has 2 aliphatic rings. The SMILES string of the molecule is CN1CC2(CCN(C(=O)CCc3ccccc3F)C2)COCC1=O. The number of hydrogen-bond acceptors (Lipinski definition) is 3. The third kappa shape index (κ3) is 3.59. The third-order valence-electron chi connectivity index (χ3n) is 4.99. The van der Waals surface area contributed by atoms with Gasteiger partial charge in [-0.15, -0.1) is 0 Å². The van der Waals surface area contributed by atoms with Crippen molar-refractivity contribution < 1.29 is 18.7 Å². The maximum Gasteiger partial charge on any atom is 0.248 e. The minimum absolute atomic E-state index is 0.0174. The van der Waals surface area contributed by atoms with Crippen molar-refractivity contribution in [2.45, 2.75) is 19.3 Å². The van der Waals surface area contributed by atoms with Gasteiger partial charge in [-0.05, 0) is 24.5 Å². The van der Waals surface area contributed by atoms with Crippen LogP contribution in [0.1, 0.15) is 18.4 Å². The maximum atomic E-state index is 13.6. The Bertz CT molecular complexity index is 636. The van der Waals surface area contributed by atoms with Gasteiger partial charge in [0, 0.05) is 38.5 Å². The van der Waals surface area contributed by atoms with Gasteiger partial charge in [-0.25, -0.2) is 4.39 Å². The van der Waals surface area contributed by atoms with Crippen LogP contribution in [-0.2, 0) is 20.7 Å². The van der Waals surface area contributed by atoms with Crippen molar-refractivity contribution in [3.63, 3.8) is 0 Å². The van der Waals surface area contributed by atoms with Gasteiger partial charge in [-0.1, -0.05) is 18.2 Å². The summed E-state index contributed by atoms with van der Waals surface area (Å²) < 4.78 is 19.2. The zero-order valence-corrected chi connectivity index (χ0v) is 14.0. The molecule has 0 saturated carbocycles. The van der Waals surface area contributed by atoms with E-state index in [0.717, 1.165) is 6.42 Å². The zero-order valence-electron chi connectivity index (χ0n) is 14.0. The monoisotopic (exact) mass is 334 g/mol. The third-order valence-corrected chi connectivity index (χ3v) is 4.99. The molecule has 0 aromatic heterocycles. The molecule has 0 aliphatic carbocycles. The fourth-order valence-corrected chi connectivity index (χ4v) is 3.60. The second-order valence-corrected chi connectivity index (χ2v) is 6.90. The molecule has 2 aliphatic heterocycles. The predicted octanol–water partition coefficient (Wildman–Crippen LogP) is 1.47. The Kier molecular flexibility index (Phi) is 4.85. The summed E-state index contributed by atoms with van der Waals surface area (Å²) in [6, 6.07) is 6.56. The van der Waals surface area contributed by atoms with Crippen molar-refractivity contribution in [3.8, 4) is 0 Å². The summed E-state index contributed by atoms with van der Waals surface area (Å²) in [6.07, 6.45) is 1.53. The number of amides is 2. The number of nitrogens with zero attached hydrogens (tertiary/aromatic N) is 2. The van der Waals surface area contributed by atoms with E-state index in [1.807, 2.05) is 4.90 Å². The van der Waals surface area contributed by atoms with Gasteiger partial charge in [-0.3, -0.25) is 9.59 Å². The Labute approximate surface area is 141 Å². The number of carbonyl (C=O) groups excluding carboxylic acids is 2. The maximum absolute atomic E-state index is 13.6. The Morgan fingerprint density at radius 3 is 2.92 bits per heavy atom. The first-order valence-electron chi connectivity index (χ1n) is 8.32. The molecule has 5 nitrogen and oxygen atoms in total. The van der Waals surface area contributed by atoms with E-state index >= 15 is 0 Å². The van der Waals surface area contributed by atoms with Gasteiger partial charge in [-0.2, -0.15) is 0 Å². The molecule has 0 bridgehead atoms. The first-order valence-corrected chi connectivity index (χ1v) is 8.32. The van der Waals surface area contributed by atoms with Crippen LogP contribution in [0.3, 0.4) is 0 Å². The normalized spacial score (nSPS) is 24.5. The molecule has 0 radical (unpaired) electrons. The van der Waals surface area contributed by atoms with E-state index < -0.39 is 0 Å². The number of rotatable bonds is 3. The number of ether oxygens (including phenoxy) is 1. The van der Waals surface area contributed by atoms with E-state index in [4.69, 9.17) is 4.74 Å². The molecule has 3 rings (SSSR count). The number of hydrogen-bond donors (Lipinski definition) is 0. The van der Waals surface area contributed by atoms with E-state index in [9.17, 15) is 14.0 Å². The molecule has 1 atom stereocenters. The molecule has 2 amide bonds.